The van der Waals surface area contributed by atoms with Gasteiger partial charge < -0.3 is 14.8 Å². The van der Waals surface area contributed by atoms with Crippen LogP contribution in [0.3, 0.4) is 0 Å². The van der Waals surface area contributed by atoms with Crippen LogP contribution in [0.2, 0.25) is 0 Å². The number of piperidine rings is 1. The first-order valence-corrected chi connectivity index (χ1v) is 12.7. The van der Waals surface area contributed by atoms with E-state index in [0.717, 1.165) is 23.3 Å². The molecule has 1 amide bonds. The first-order valence-electron chi connectivity index (χ1n) is 12.7. The van der Waals surface area contributed by atoms with Gasteiger partial charge in [0.25, 0.3) is 0 Å². The molecule has 2 atom stereocenters. The lowest BCUT2D eigenvalue weighted by atomic mass is 9.83. The van der Waals surface area contributed by atoms with E-state index in [4.69, 9.17) is 9.47 Å². The molecule has 0 aliphatic carbocycles. The molecule has 0 radical (unpaired) electrons. The molecule has 1 heterocycles. The number of likely N-dealkylation sites (tertiary alicyclic amines) is 1. The van der Waals surface area contributed by atoms with Crippen molar-refractivity contribution >= 4 is 5.91 Å². The third-order valence-electron chi connectivity index (χ3n) is 7.09. The van der Waals surface area contributed by atoms with Crippen molar-refractivity contribution in [1.82, 2.24) is 10.2 Å². The molecule has 1 aliphatic heterocycles. The summed E-state index contributed by atoms with van der Waals surface area (Å²) in [6.07, 6.45) is -3.91. The van der Waals surface area contributed by atoms with Crippen LogP contribution in [0.1, 0.15) is 40.2 Å². The number of ether oxygens (including phenoxy) is 2. The monoisotopic (exact) mass is 544 g/mol. The molecular formula is C30H32F4N2O3. The van der Waals surface area contributed by atoms with Gasteiger partial charge in [-0.15, -0.1) is 0 Å². The summed E-state index contributed by atoms with van der Waals surface area (Å²) in [5.41, 5.74) is 2.05. The van der Waals surface area contributed by atoms with Gasteiger partial charge in [0.05, 0.1) is 25.7 Å². The van der Waals surface area contributed by atoms with Crippen LogP contribution in [-0.4, -0.2) is 38.1 Å². The molecule has 5 nitrogen and oxygen atoms in total. The van der Waals surface area contributed by atoms with E-state index < -0.39 is 17.7 Å². The Morgan fingerprint density at radius 2 is 1.69 bits per heavy atom. The molecule has 1 fully saturated rings. The van der Waals surface area contributed by atoms with Crippen molar-refractivity contribution in [2.75, 3.05) is 27.3 Å². The molecule has 0 saturated carbocycles. The fourth-order valence-electron chi connectivity index (χ4n) is 5.08. The van der Waals surface area contributed by atoms with Crippen LogP contribution in [0.4, 0.5) is 17.6 Å². The average molecular weight is 545 g/mol. The van der Waals surface area contributed by atoms with Gasteiger partial charge in [0.2, 0.25) is 5.91 Å². The molecule has 1 N–H and O–H groups in total. The summed E-state index contributed by atoms with van der Waals surface area (Å²) in [5, 5.41) is 2.83. The molecule has 0 aromatic heterocycles. The second kappa shape index (κ2) is 12.1. The predicted molar refractivity (Wildman–Crippen MR) is 140 cm³/mol. The van der Waals surface area contributed by atoms with E-state index in [2.05, 4.69) is 10.2 Å². The Labute approximate surface area is 225 Å². The van der Waals surface area contributed by atoms with Gasteiger partial charge in [-0.2, -0.15) is 13.2 Å². The molecule has 4 rings (SSSR count). The lowest BCUT2D eigenvalue weighted by molar-refractivity contribution is -0.137. The number of amides is 1. The van der Waals surface area contributed by atoms with E-state index in [1.807, 2.05) is 18.2 Å². The molecule has 3 aromatic rings. The zero-order valence-electron chi connectivity index (χ0n) is 22.1. The number of rotatable bonds is 8. The molecule has 0 spiro atoms. The number of alkyl halides is 3. The van der Waals surface area contributed by atoms with Crippen LogP contribution in [0.25, 0.3) is 0 Å². The zero-order chi connectivity index (χ0) is 28.2. The Morgan fingerprint density at radius 3 is 2.33 bits per heavy atom. The minimum atomic E-state index is -4.45. The summed E-state index contributed by atoms with van der Waals surface area (Å²) < 4.78 is 64.1. The number of carbonyl (C=O) groups is 1. The summed E-state index contributed by atoms with van der Waals surface area (Å²) in [7, 11) is 3.16. The predicted octanol–water partition coefficient (Wildman–Crippen LogP) is 6.09. The number of methoxy groups -OCH3 is 2. The minimum Gasteiger partial charge on any atom is -0.497 e. The topological polar surface area (TPSA) is 50.8 Å². The Bertz CT molecular complexity index is 1290. The van der Waals surface area contributed by atoms with Crippen LogP contribution < -0.4 is 14.8 Å². The Hall–Kier alpha value is -3.59. The van der Waals surface area contributed by atoms with Crippen molar-refractivity contribution in [3.63, 3.8) is 0 Å². The van der Waals surface area contributed by atoms with Gasteiger partial charge in [-0.1, -0.05) is 24.3 Å². The second-order valence-electron chi connectivity index (χ2n) is 9.97. The molecule has 208 valence electrons. The van der Waals surface area contributed by atoms with E-state index in [-0.39, 0.29) is 24.2 Å². The zero-order valence-corrected chi connectivity index (χ0v) is 22.1. The van der Waals surface area contributed by atoms with Crippen molar-refractivity contribution in [2.45, 2.75) is 38.5 Å². The molecule has 3 aromatic carbocycles. The largest absolute Gasteiger partial charge is 0.497 e. The van der Waals surface area contributed by atoms with Crippen LogP contribution in [0.5, 0.6) is 11.5 Å². The first kappa shape index (κ1) is 28.4. The highest BCUT2D eigenvalue weighted by Crippen LogP contribution is 2.34. The maximum absolute atomic E-state index is 14.0. The van der Waals surface area contributed by atoms with Gasteiger partial charge in [-0.05, 0) is 71.8 Å². The number of aryl methyl sites for hydroxylation is 1. The smallest absolute Gasteiger partial charge is 0.416 e. The number of nitrogens with zero attached hydrogens (tertiary/aromatic N) is 1. The summed E-state index contributed by atoms with van der Waals surface area (Å²) in [4.78, 5) is 15.5. The SMILES string of the molecule is COc1cc(CN2C[C@@H](C(=O)NCc3cccc(C(F)(F)F)c3)C[C@@H](c3ccc(F)c(C)c3)C2)cc(OC)c1. The Morgan fingerprint density at radius 1 is 0.974 bits per heavy atom. The Kier molecular flexibility index (Phi) is 8.80. The summed E-state index contributed by atoms with van der Waals surface area (Å²) in [6, 6.07) is 15.6. The van der Waals surface area contributed by atoms with E-state index in [9.17, 15) is 22.4 Å². The van der Waals surface area contributed by atoms with Crippen molar-refractivity contribution in [3.8, 4) is 11.5 Å². The lowest BCUT2D eigenvalue weighted by Crippen LogP contribution is -2.45. The minimum absolute atomic E-state index is 0.00728. The number of halogens is 4. The fourth-order valence-corrected chi connectivity index (χ4v) is 5.08. The van der Waals surface area contributed by atoms with Gasteiger partial charge in [0.1, 0.15) is 17.3 Å². The van der Waals surface area contributed by atoms with E-state index in [1.54, 1.807) is 39.3 Å². The van der Waals surface area contributed by atoms with Gasteiger partial charge in [-0.25, -0.2) is 4.39 Å². The maximum atomic E-state index is 14.0. The van der Waals surface area contributed by atoms with Gasteiger partial charge in [0.15, 0.2) is 0 Å². The highest BCUT2D eigenvalue weighted by Gasteiger charge is 2.33. The van der Waals surface area contributed by atoms with Crippen LogP contribution in [0, 0.1) is 18.7 Å². The standard InChI is InChI=1S/C30H32F4N2O3/c1-19-9-22(7-8-28(19)31)23-13-24(29(37)35-15-20-5-4-6-25(10-20)30(32,33)34)18-36(17-23)16-21-11-26(38-2)14-27(12-21)39-3/h4-12,14,23-24H,13,15-18H2,1-3H3,(H,35,37)/t23-,24+/m1/s1. The van der Waals surface area contributed by atoms with Crippen LogP contribution in [0.15, 0.2) is 60.7 Å². The number of hydrogen-bond acceptors (Lipinski definition) is 4. The highest BCUT2D eigenvalue weighted by molar-refractivity contribution is 5.79. The first-order chi connectivity index (χ1) is 18.5. The quantitative estimate of drug-likeness (QED) is 0.349. The van der Waals surface area contributed by atoms with Gasteiger partial charge in [-0.3, -0.25) is 9.69 Å². The Balaban J connectivity index is 1.53. The molecular weight excluding hydrogens is 512 g/mol. The summed E-state index contributed by atoms with van der Waals surface area (Å²) in [6.45, 7) is 3.35. The summed E-state index contributed by atoms with van der Waals surface area (Å²) in [5.74, 6) is 0.349. The average Bonchev–Trinajstić information content (AvgIpc) is 2.92. The summed E-state index contributed by atoms with van der Waals surface area (Å²) >= 11 is 0. The van der Waals surface area contributed by atoms with E-state index >= 15 is 0 Å². The second-order valence-corrected chi connectivity index (χ2v) is 9.97. The van der Waals surface area contributed by atoms with Crippen LogP contribution in [-0.2, 0) is 24.1 Å². The number of carbonyl (C=O) groups excluding carboxylic acids is 1. The molecule has 9 heteroatoms. The van der Waals surface area contributed by atoms with E-state index in [0.29, 0.717) is 48.7 Å². The molecule has 39 heavy (non-hydrogen) atoms. The number of nitrogens with one attached hydrogen (secondary N) is 1. The normalized spacial score (nSPS) is 18.0. The maximum Gasteiger partial charge on any atom is 0.416 e. The molecule has 1 aliphatic rings. The number of benzene rings is 3. The van der Waals surface area contributed by atoms with Crippen molar-refractivity contribution < 1.29 is 31.8 Å². The van der Waals surface area contributed by atoms with Gasteiger partial charge >= 0.3 is 6.18 Å². The van der Waals surface area contributed by atoms with E-state index in [1.165, 1.54) is 12.1 Å². The van der Waals surface area contributed by atoms with Crippen LogP contribution >= 0.6 is 0 Å². The van der Waals surface area contributed by atoms with Crippen molar-refractivity contribution in [1.29, 1.82) is 0 Å². The highest BCUT2D eigenvalue weighted by atomic mass is 19.4. The number of hydrogen-bond donors (Lipinski definition) is 1. The van der Waals surface area contributed by atoms with Gasteiger partial charge in [0, 0.05) is 32.2 Å². The van der Waals surface area contributed by atoms with Crippen molar-refractivity contribution in [3.05, 3.63) is 94.3 Å². The third-order valence-corrected chi connectivity index (χ3v) is 7.09. The lowest BCUT2D eigenvalue weighted by Gasteiger charge is -2.37. The molecule has 1 saturated heterocycles. The molecule has 0 unspecified atom stereocenters. The van der Waals surface area contributed by atoms with Crippen molar-refractivity contribution in [2.24, 2.45) is 5.92 Å². The fraction of sp³-hybridized carbons (Fsp3) is 0.367. The third kappa shape index (κ3) is 7.29. The molecule has 0 bridgehead atoms.